The van der Waals surface area contributed by atoms with E-state index in [-0.39, 0.29) is 6.61 Å². The van der Waals surface area contributed by atoms with Crippen molar-refractivity contribution in [3.8, 4) is 0 Å². The Bertz CT molecular complexity index is 662. The first kappa shape index (κ1) is 16.4. The van der Waals surface area contributed by atoms with Gasteiger partial charge in [-0.25, -0.2) is 0 Å². The van der Waals surface area contributed by atoms with Crippen molar-refractivity contribution in [3.05, 3.63) is 12.2 Å². The number of quaternary nitrogens is 1. The van der Waals surface area contributed by atoms with Gasteiger partial charge in [0.2, 0.25) is 0 Å². The van der Waals surface area contributed by atoms with E-state index >= 15 is 0 Å². The van der Waals surface area contributed by atoms with Gasteiger partial charge in [0.05, 0.1) is 39.9 Å². The SMILES string of the molecule is [2H]C([2H])([2H])[N+](CCOP(=O)([O-])OCCCCCCCC/C=C/CCCCCCCC)(C([2H])([2H])[2H])C([2H])([2H])[2H]. The first-order valence-corrected chi connectivity index (χ1v) is 12.6. The molecule has 0 bridgehead atoms. The normalized spacial score (nSPS) is 20.4. The monoisotopic (exact) mass is 442 g/mol. The van der Waals surface area contributed by atoms with Crippen LogP contribution >= 0.6 is 7.82 Å². The summed E-state index contributed by atoms with van der Waals surface area (Å²) < 4.78 is 86.7. The van der Waals surface area contributed by atoms with E-state index in [1.54, 1.807) is 0 Å². The quantitative estimate of drug-likeness (QED) is 0.0914. The Morgan fingerprint density at radius 1 is 0.793 bits per heavy atom. The van der Waals surface area contributed by atoms with E-state index in [1.165, 1.54) is 38.5 Å². The second-order valence-electron chi connectivity index (χ2n) is 7.58. The fraction of sp³-hybridized carbons (Fsp3) is 0.913. The summed E-state index contributed by atoms with van der Waals surface area (Å²) in [7, 11) is -4.84. The van der Waals surface area contributed by atoms with Crippen LogP contribution in [0.3, 0.4) is 0 Å². The molecule has 0 saturated carbocycles. The molecular weight excluding hydrogens is 385 g/mol. The minimum absolute atomic E-state index is 0.125. The molecule has 0 radical (unpaired) electrons. The Morgan fingerprint density at radius 3 is 1.83 bits per heavy atom. The lowest BCUT2D eigenvalue weighted by Crippen LogP contribution is -2.37. The fourth-order valence-corrected chi connectivity index (χ4v) is 3.59. The summed E-state index contributed by atoms with van der Waals surface area (Å²) in [6.45, 7) is -10.3. The van der Waals surface area contributed by atoms with Gasteiger partial charge in [-0.05, 0) is 32.1 Å². The number of rotatable bonds is 21. The van der Waals surface area contributed by atoms with Crippen molar-refractivity contribution < 1.29 is 35.3 Å². The van der Waals surface area contributed by atoms with Gasteiger partial charge in [-0.15, -0.1) is 0 Å². The zero-order chi connectivity index (χ0) is 29.3. The first-order valence-electron chi connectivity index (χ1n) is 15.7. The molecule has 0 aliphatic rings. The number of hydrogen-bond donors (Lipinski definition) is 0. The lowest BCUT2D eigenvalue weighted by Gasteiger charge is -2.27. The van der Waals surface area contributed by atoms with Gasteiger partial charge in [0.15, 0.2) is 0 Å². The number of hydrogen-bond acceptors (Lipinski definition) is 4. The van der Waals surface area contributed by atoms with Gasteiger partial charge in [0, 0.05) is 0 Å². The lowest BCUT2D eigenvalue weighted by atomic mass is 10.1. The number of likely N-dealkylation sites (N-methyl/N-ethyl adjacent to an activating group) is 1. The molecule has 0 aliphatic carbocycles. The van der Waals surface area contributed by atoms with E-state index in [4.69, 9.17) is 16.9 Å². The Labute approximate surface area is 193 Å². The van der Waals surface area contributed by atoms with Gasteiger partial charge in [-0.3, -0.25) is 4.57 Å². The number of phosphoric ester groups is 1. The highest BCUT2D eigenvalue weighted by molar-refractivity contribution is 7.45. The third kappa shape index (κ3) is 24.0. The molecule has 0 amide bonds. The van der Waals surface area contributed by atoms with Gasteiger partial charge in [-0.2, -0.15) is 0 Å². The molecule has 0 aliphatic heterocycles. The Kier molecular flexibility index (Phi) is 10.5. The van der Waals surface area contributed by atoms with Crippen LogP contribution in [0.15, 0.2) is 12.2 Å². The number of phosphoric acid groups is 1. The van der Waals surface area contributed by atoms with E-state index < -0.39 is 46.4 Å². The molecule has 1 atom stereocenters. The molecule has 0 aromatic rings. The largest absolute Gasteiger partial charge is 0.756 e. The molecule has 1 unspecified atom stereocenters. The van der Waals surface area contributed by atoms with Gasteiger partial charge in [-0.1, -0.05) is 76.9 Å². The van der Waals surface area contributed by atoms with Crippen LogP contribution in [0, 0.1) is 0 Å². The van der Waals surface area contributed by atoms with Crippen LogP contribution < -0.4 is 4.89 Å². The Balaban J connectivity index is 4.10. The molecule has 29 heavy (non-hydrogen) atoms. The maximum atomic E-state index is 12.0. The van der Waals surface area contributed by atoms with E-state index in [2.05, 4.69) is 23.6 Å². The molecule has 0 N–H and O–H groups in total. The molecule has 174 valence electrons. The van der Waals surface area contributed by atoms with Crippen molar-refractivity contribution in [1.82, 2.24) is 0 Å². The van der Waals surface area contributed by atoms with Crippen molar-refractivity contribution in [2.75, 3.05) is 40.7 Å². The second kappa shape index (κ2) is 18.6. The van der Waals surface area contributed by atoms with Crippen LogP contribution in [0.25, 0.3) is 0 Å². The molecule has 0 aromatic carbocycles. The average molecular weight is 443 g/mol. The van der Waals surface area contributed by atoms with E-state index in [9.17, 15) is 9.46 Å². The second-order valence-corrected chi connectivity index (χ2v) is 9.00. The summed E-state index contributed by atoms with van der Waals surface area (Å²) in [5.74, 6) is 0. The minimum Gasteiger partial charge on any atom is -0.756 e. The smallest absolute Gasteiger partial charge is 0.268 e. The van der Waals surface area contributed by atoms with Crippen LogP contribution in [0.4, 0.5) is 0 Å². The summed E-state index contributed by atoms with van der Waals surface area (Å²) >= 11 is 0. The average Bonchev–Trinajstić information content (AvgIpc) is 2.76. The highest BCUT2D eigenvalue weighted by atomic mass is 31.2. The molecule has 0 heterocycles. The van der Waals surface area contributed by atoms with E-state index in [1.807, 2.05) is 0 Å². The maximum absolute atomic E-state index is 12.0. The lowest BCUT2D eigenvalue weighted by molar-refractivity contribution is -0.870. The maximum Gasteiger partial charge on any atom is 0.268 e. The van der Waals surface area contributed by atoms with E-state index in [0.29, 0.717) is 6.42 Å². The van der Waals surface area contributed by atoms with Crippen LogP contribution in [0.2, 0.25) is 0 Å². The van der Waals surface area contributed by atoms with Crippen LogP contribution in [0.1, 0.15) is 109 Å². The predicted molar refractivity (Wildman–Crippen MR) is 122 cm³/mol. The van der Waals surface area contributed by atoms with Gasteiger partial charge in [0.1, 0.15) is 13.2 Å². The van der Waals surface area contributed by atoms with Crippen molar-refractivity contribution in [2.45, 2.75) is 96.8 Å². The molecule has 5 nitrogen and oxygen atoms in total. The molecule has 6 heteroatoms. The first-order chi connectivity index (χ1) is 17.5. The van der Waals surface area contributed by atoms with Gasteiger partial charge < -0.3 is 18.4 Å². The van der Waals surface area contributed by atoms with Gasteiger partial charge in [0.25, 0.3) is 7.82 Å². The molecule has 0 aromatic heterocycles. The van der Waals surface area contributed by atoms with Crippen molar-refractivity contribution in [1.29, 1.82) is 0 Å². The standard InChI is InChI=1S/C23H48NO4P/c1-5-6-7-8-9-10-11-12-13-14-15-16-17-18-19-20-22-27-29(25,26)28-23-21-24(2,3)4/h12-13H,5-11,14-23H2,1-4H3/b13-12+/i2D3,3D3,4D3. The third-order valence-corrected chi connectivity index (χ3v) is 5.58. The van der Waals surface area contributed by atoms with Gasteiger partial charge >= 0.3 is 0 Å². The van der Waals surface area contributed by atoms with E-state index in [0.717, 1.165) is 44.9 Å². The topological polar surface area (TPSA) is 58.6 Å². The molecular formula is C23H48NO4P. The third-order valence-electron chi connectivity index (χ3n) is 4.58. The molecule has 0 spiro atoms. The number of unbranched alkanes of at least 4 members (excludes halogenated alkanes) is 12. The number of allylic oxidation sites excluding steroid dienone is 2. The van der Waals surface area contributed by atoms with Crippen LogP contribution in [0.5, 0.6) is 0 Å². The summed E-state index contributed by atoms with van der Waals surface area (Å²) in [4.78, 5) is 12.0. The fourth-order valence-electron chi connectivity index (χ4n) is 2.85. The highest BCUT2D eigenvalue weighted by Gasteiger charge is 2.12. The van der Waals surface area contributed by atoms with Crippen molar-refractivity contribution >= 4 is 7.82 Å². The summed E-state index contributed by atoms with van der Waals surface area (Å²) in [6.07, 6.45) is 20.0. The highest BCUT2D eigenvalue weighted by Crippen LogP contribution is 2.38. The number of nitrogens with zero attached hydrogens (tertiary/aromatic N) is 1. The van der Waals surface area contributed by atoms with Crippen molar-refractivity contribution in [2.24, 2.45) is 0 Å². The Hall–Kier alpha value is -0.190. The Morgan fingerprint density at radius 2 is 1.28 bits per heavy atom. The molecule has 0 saturated heterocycles. The zero-order valence-electron chi connectivity index (χ0n) is 27.2. The summed E-state index contributed by atoms with van der Waals surface area (Å²) in [6, 6.07) is 0. The summed E-state index contributed by atoms with van der Waals surface area (Å²) in [5, 5.41) is 0. The zero-order valence-corrected chi connectivity index (χ0v) is 19.1. The molecule has 0 fully saturated rings. The van der Waals surface area contributed by atoms with Crippen LogP contribution in [-0.2, 0) is 13.6 Å². The van der Waals surface area contributed by atoms with Crippen molar-refractivity contribution in [3.63, 3.8) is 0 Å². The molecule has 0 rings (SSSR count). The minimum atomic E-state index is -4.84. The predicted octanol–water partition coefficient (Wildman–Crippen LogP) is 6.23. The summed E-state index contributed by atoms with van der Waals surface area (Å²) in [5.41, 5.74) is 0. The van der Waals surface area contributed by atoms with Crippen LogP contribution in [-0.4, -0.2) is 45.2 Å².